The quantitative estimate of drug-likeness (QED) is 0.784. The van der Waals surface area contributed by atoms with Gasteiger partial charge in [-0.3, -0.25) is 4.79 Å². The fourth-order valence-electron chi connectivity index (χ4n) is 3.10. The second-order valence-electron chi connectivity index (χ2n) is 6.57. The fourth-order valence-corrected chi connectivity index (χ4v) is 3.10. The summed E-state index contributed by atoms with van der Waals surface area (Å²) in [5.41, 5.74) is 2.14. The number of aryl methyl sites for hydroxylation is 2. The molecule has 8 nitrogen and oxygen atoms in total. The van der Waals surface area contributed by atoms with Gasteiger partial charge in [0, 0.05) is 38.8 Å². The second-order valence-corrected chi connectivity index (χ2v) is 6.57. The van der Waals surface area contributed by atoms with Crippen LogP contribution < -0.4 is 10.2 Å². The molecule has 1 N–H and O–H groups in total. The van der Waals surface area contributed by atoms with Crippen molar-refractivity contribution >= 4 is 28.7 Å². The van der Waals surface area contributed by atoms with E-state index in [2.05, 4.69) is 20.5 Å². The van der Waals surface area contributed by atoms with Crippen LogP contribution in [0, 0.1) is 12.8 Å². The van der Waals surface area contributed by atoms with Crippen molar-refractivity contribution < 1.29 is 9.21 Å². The number of benzene rings is 1. The summed E-state index contributed by atoms with van der Waals surface area (Å²) in [6, 6.07) is 6.05. The molecule has 1 atom stereocenters. The summed E-state index contributed by atoms with van der Waals surface area (Å²) in [5.74, 6) is 1.73. The van der Waals surface area contributed by atoms with Gasteiger partial charge in [-0.15, -0.1) is 10.2 Å². The number of anilines is 2. The Labute approximate surface area is 144 Å². The number of rotatable bonds is 3. The van der Waals surface area contributed by atoms with Crippen LogP contribution in [0.2, 0.25) is 0 Å². The topological polar surface area (TPSA) is 89.1 Å². The number of nitrogens with one attached hydrogen (secondary N) is 1. The van der Waals surface area contributed by atoms with Crippen LogP contribution in [0.15, 0.2) is 22.6 Å². The van der Waals surface area contributed by atoms with E-state index in [1.807, 2.05) is 43.8 Å². The Balaban J connectivity index is 1.51. The molecule has 4 rings (SSSR count). The zero-order chi connectivity index (χ0) is 17.6. The lowest BCUT2D eigenvalue weighted by Gasteiger charge is -2.23. The van der Waals surface area contributed by atoms with Crippen LogP contribution in [0.25, 0.3) is 11.1 Å². The van der Waals surface area contributed by atoms with E-state index in [-0.39, 0.29) is 11.8 Å². The molecule has 0 radical (unpaired) electrons. The maximum absolute atomic E-state index is 12.6. The minimum absolute atomic E-state index is 0.00504. The van der Waals surface area contributed by atoms with Crippen molar-refractivity contribution in [2.45, 2.75) is 26.3 Å². The van der Waals surface area contributed by atoms with E-state index >= 15 is 0 Å². The number of amides is 1. The normalized spacial score (nSPS) is 16.7. The van der Waals surface area contributed by atoms with E-state index in [1.54, 1.807) is 4.90 Å². The van der Waals surface area contributed by atoms with Gasteiger partial charge in [-0.1, -0.05) is 0 Å². The van der Waals surface area contributed by atoms with E-state index in [4.69, 9.17) is 4.42 Å². The van der Waals surface area contributed by atoms with E-state index in [1.165, 1.54) is 0 Å². The molecule has 3 heterocycles. The highest BCUT2D eigenvalue weighted by Crippen LogP contribution is 2.25. The van der Waals surface area contributed by atoms with Crippen LogP contribution in [0.4, 0.5) is 11.7 Å². The number of carbonyl (C=O) groups is 1. The molecule has 0 saturated heterocycles. The summed E-state index contributed by atoms with van der Waals surface area (Å²) in [6.07, 6.45) is 1.55. The minimum atomic E-state index is -0.0926. The Kier molecular flexibility index (Phi) is 3.67. The molecule has 3 aromatic rings. The van der Waals surface area contributed by atoms with Gasteiger partial charge in [-0.05, 0) is 25.5 Å². The molecule has 1 aliphatic heterocycles. The summed E-state index contributed by atoms with van der Waals surface area (Å²) in [4.78, 5) is 18.8. The Bertz CT molecular complexity index is 942. The van der Waals surface area contributed by atoms with Crippen molar-refractivity contribution in [2.75, 3.05) is 24.3 Å². The average Bonchev–Trinajstić information content (AvgIpc) is 3.18. The molecule has 0 unspecified atom stereocenters. The van der Waals surface area contributed by atoms with Crippen LogP contribution in [0.1, 0.15) is 18.1 Å². The smallest absolute Gasteiger partial charge is 0.297 e. The van der Waals surface area contributed by atoms with Gasteiger partial charge in [0.2, 0.25) is 5.91 Å². The van der Waals surface area contributed by atoms with Crippen molar-refractivity contribution in [2.24, 2.45) is 5.92 Å². The van der Waals surface area contributed by atoms with Crippen LogP contribution in [0.3, 0.4) is 0 Å². The van der Waals surface area contributed by atoms with Crippen molar-refractivity contribution in [3.8, 4) is 0 Å². The van der Waals surface area contributed by atoms with Crippen LogP contribution >= 0.6 is 0 Å². The molecule has 0 bridgehead atoms. The molecule has 8 heteroatoms. The standard InChI is InChI=1S/C17H20N6O2/c1-10-20-21-15-7-4-11(9-23(10)15)16(24)18-12-5-6-13-14(8-12)25-17(19-13)22(2)3/h5-6,8,11H,4,7,9H2,1-3H3,(H,18,24)/t11-/m0/s1. The highest BCUT2D eigenvalue weighted by atomic mass is 16.4. The predicted octanol–water partition coefficient (Wildman–Crippen LogP) is 1.99. The van der Waals surface area contributed by atoms with Gasteiger partial charge in [0.25, 0.3) is 6.01 Å². The number of fused-ring (bicyclic) bond motifs is 2. The van der Waals surface area contributed by atoms with Gasteiger partial charge in [0.1, 0.15) is 17.2 Å². The summed E-state index contributed by atoms with van der Waals surface area (Å²) in [7, 11) is 3.75. The lowest BCUT2D eigenvalue weighted by molar-refractivity contribution is -0.120. The number of hydrogen-bond acceptors (Lipinski definition) is 6. The molecular weight excluding hydrogens is 320 g/mol. The van der Waals surface area contributed by atoms with Crippen LogP contribution in [-0.2, 0) is 17.8 Å². The number of carbonyl (C=O) groups excluding carboxylic acids is 1. The molecule has 1 amide bonds. The van der Waals surface area contributed by atoms with Gasteiger partial charge >= 0.3 is 0 Å². The molecule has 0 aliphatic carbocycles. The fraction of sp³-hybridized carbons (Fsp3) is 0.412. The average molecular weight is 340 g/mol. The van der Waals surface area contributed by atoms with Crippen molar-refractivity contribution in [1.29, 1.82) is 0 Å². The number of nitrogens with zero attached hydrogens (tertiary/aromatic N) is 5. The summed E-state index contributed by atoms with van der Waals surface area (Å²) < 4.78 is 7.72. The maximum Gasteiger partial charge on any atom is 0.297 e. The Morgan fingerprint density at radius 1 is 1.36 bits per heavy atom. The van der Waals surface area contributed by atoms with Gasteiger partial charge in [0.05, 0.1) is 5.92 Å². The predicted molar refractivity (Wildman–Crippen MR) is 93.5 cm³/mol. The largest absolute Gasteiger partial charge is 0.423 e. The van der Waals surface area contributed by atoms with E-state index in [9.17, 15) is 4.79 Å². The van der Waals surface area contributed by atoms with Gasteiger partial charge < -0.3 is 19.2 Å². The molecule has 25 heavy (non-hydrogen) atoms. The van der Waals surface area contributed by atoms with Crippen molar-refractivity contribution in [1.82, 2.24) is 19.7 Å². The zero-order valence-corrected chi connectivity index (χ0v) is 14.5. The minimum Gasteiger partial charge on any atom is -0.423 e. The first-order valence-corrected chi connectivity index (χ1v) is 8.29. The zero-order valence-electron chi connectivity index (χ0n) is 14.5. The Morgan fingerprint density at radius 3 is 3.00 bits per heavy atom. The van der Waals surface area contributed by atoms with Gasteiger partial charge in [-0.25, -0.2) is 0 Å². The van der Waals surface area contributed by atoms with E-state index in [0.29, 0.717) is 23.8 Å². The number of aromatic nitrogens is 4. The van der Waals surface area contributed by atoms with E-state index in [0.717, 1.165) is 30.0 Å². The van der Waals surface area contributed by atoms with Crippen molar-refractivity contribution in [3.63, 3.8) is 0 Å². The number of hydrogen-bond donors (Lipinski definition) is 1. The molecule has 0 fully saturated rings. The maximum atomic E-state index is 12.6. The third-order valence-electron chi connectivity index (χ3n) is 4.53. The van der Waals surface area contributed by atoms with Gasteiger partial charge in [0.15, 0.2) is 5.58 Å². The summed E-state index contributed by atoms with van der Waals surface area (Å²) >= 11 is 0. The highest BCUT2D eigenvalue weighted by molar-refractivity contribution is 5.94. The Hall–Kier alpha value is -2.90. The monoisotopic (exact) mass is 340 g/mol. The lowest BCUT2D eigenvalue weighted by atomic mass is 9.98. The first-order chi connectivity index (χ1) is 12.0. The SMILES string of the molecule is Cc1nnc2n1C[C@@H](C(=O)Nc1ccc3nc(N(C)C)oc3c1)CC2. The molecule has 0 saturated carbocycles. The molecular formula is C17H20N6O2. The Morgan fingerprint density at radius 2 is 2.20 bits per heavy atom. The van der Waals surface area contributed by atoms with E-state index < -0.39 is 0 Å². The first kappa shape index (κ1) is 15.6. The molecule has 130 valence electrons. The van der Waals surface area contributed by atoms with Gasteiger partial charge in [-0.2, -0.15) is 4.98 Å². The third kappa shape index (κ3) is 2.84. The third-order valence-corrected chi connectivity index (χ3v) is 4.53. The molecule has 2 aromatic heterocycles. The number of oxazole rings is 1. The highest BCUT2D eigenvalue weighted by Gasteiger charge is 2.27. The molecule has 0 spiro atoms. The van der Waals surface area contributed by atoms with Crippen molar-refractivity contribution in [3.05, 3.63) is 29.8 Å². The molecule has 1 aliphatic rings. The first-order valence-electron chi connectivity index (χ1n) is 8.29. The van der Waals surface area contributed by atoms with Crippen LogP contribution in [0.5, 0.6) is 0 Å². The lowest BCUT2D eigenvalue weighted by Crippen LogP contribution is -2.31. The van der Waals surface area contributed by atoms with Crippen LogP contribution in [-0.4, -0.2) is 39.8 Å². The molecule has 1 aromatic carbocycles. The summed E-state index contributed by atoms with van der Waals surface area (Å²) in [5, 5.41) is 11.2. The summed E-state index contributed by atoms with van der Waals surface area (Å²) in [6.45, 7) is 2.53. The second kappa shape index (κ2) is 5.87.